The Bertz CT molecular complexity index is 708. The van der Waals surface area contributed by atoms with Gasteiger partial charge in [0.1, 0.15) is 0 Å². The fourth-order valence-corrected chi connectivity index (χ4v) is 3.00. The van der Waals surface area contributed by atoms with Crippen molar-refractivity contribution in [2.75, 3.05) is 5.32 Å². The number of hydrazone groups is 1. The van der Waals surface area contributed by atoms with E-state index < -0.39 is 0 Å². The average Bonchev–Trinajstić information content (AvgIpc) is 2.60. The Kier molecular flexibility index (Phi) is 4.99. The third-order valence-corrected chi connectivity index (χ3v) is 4.11. The Morgan fingerprint density at radius 3 is 2.70 bits per heavy atom. The van der Waals surface area contributed by atoms with Gasteiger partial charge in [-0.15, -0.1) is 0 Å². The lowest BCUT2D eigenvalue weighted by Crippen LogP contribution is -2.06. The molecule has 118 valence electrons. The summed E-state index contributed by atoms with van der Waals surface area (Å²) in [7, 11) is 0. The largest absolute Gasteiger partial charge is 0.355 e. The first-order valence-electron chi connectivity index (χ1n) is 7.91. The van der Waals surface area contributed by atoms with E-state index in [4.69, 9.17) is 0 Å². The molecule has 0 aromatic heterocycles. The summed E-state index contributed by atoms with van der Waals surface area (Å²) in [5.41, 5.74) is 8.67. The van der Waals surface area contributed by atoms with Crippen LogP contribution >= 0.6 is 0 Å². The fourth-order valence-electron chi connectivity index (χ4n) is 3.00. The molecule has 0 bridgehead atoms. The second-order valence-electron chi connectivity index (χ2n) is 5.59. The van der Waals surface area contributed by atoms with E-state index in [2.05, 4.69) is 63.3 Å². The van der Waals surface area contributed by atoms with E-state index in [-0.39, 0.29) is 0 Å². The maximum Gasteiger partial charge on any atom is 0.0891 e. The summed E-state index contributed by atoms with van der Waals surface area (Å²) in [6.45, 7) is 3.78. The molecule has 1 aliphatic rings. The third-order valence-electron chi connectivity index (χ3n) is 4.11. The van der Waals surface area contributed by atoms with Crippen molar-refractivity contribution in [3.8, 4) is 0 Å². The second kappa shape index (κ2) is 7.54. The summed E-state index contributed by atoms with van der Waals surface area (Å²) < 4.78 is 0. The summed E-state index contributed by atoms with van der Waals surface area (Å²) >= 11 is 0. The summed E-state index contributed by atoms with van der Waals surface area (Å²) in [5, 5.41) is 14.8. The number of nitrogens with one attached hydrogen (secondary N) is 2. The van der Waals surface area contributed by atoms with Crippen molar-refractivity contribution in [3.05, 3.63) is 59.2 Å². The van der Waals surface area contributed by atoms with Gasteiger partial charge in [0.25, 0.3) is 0 Å². The van der Waals surface area contributed by atoms with E-state index >= 15 is 0 Å². The van der Waals surface area contributed by atoms with Crippen molar-refractivity contribution in [3.63, 3.8) is 0 Å². The van der Waals surface area contributed by atoms with Crippen LogP contribution in [0.3, 0.4) is 0 Å². The Morgan fingerprint density at radius 1 is 0.957 bits per heavy atom. The monoisotopic (exact) mass is 307 g/mol. The predicted octanol–water partition coefficient (Wildman–Crippen LogP) is 4.38. The molecule has 0 radical (unpaired) electrons. The first-order chi connectivity index (χ1) is 11.4. The minimum Gasteiger partial charge on any atom is -0.355 e. The zero-order valence-electron chi connectivity index (χ0n) is 13.1. The van der Waals surface area contributed by atoms with E-state index in [1.54, 1.807) is 0 Å². The van der Waals surface area contributed by atoms with Crippen LogP contribution < -0.4 is 10.9 Å². The molecule has 1 aliphatic carbocycles. The van der Waals surface area contributed by atoms with Gasteiger partial charge in [-0.25, -0.2) is 0 Å². The number of fused-ring (bicyclic) bond motifs is 1. The van der Waals surface area contributed by atoms with Crippen LogP contribution in [0, 0.1) is 0 Å². The van der Waals surface area contributed by atoms with Gasteiger partial charge >= 0.3 is 0 Å². The minimum atomic E-state index is 0.487. The number of para-hydroxylation sites is 1. The van der Waals surface area contributed by atoms with Gasteiger partial charge in [0.05, 0.1) is 6.54 Å². The maximum absolute atomic E-state index is 4.06. The molecule has 0 saturated heterocycles. The van der Waals surface area contributed by atoms with Crippen LogP contribution in [0.5, 0.6) is 0 Å². The van der Waals surface area contributed by atoms with E-state index in [1.807, 2.05) is 12.1 Å². The lowest BCUT2D eigenvalue weighted by molar-refractivity contribution is 0.687. The van der Waals surface area contributed by atoms with Crippen molar-refractivity contribution in [2.45, 2.75) is 32.2 Å². The molecule has 0 aliphatic heterocycles. The molecule has 0 amide bonds. The van der Waals surface area contributed by atoms with Gasteiger partial charge in [0, 0.05) is 18.1 Å². The SMILES string of the molecule is C=NNN=NCc1ccccc1Nc1cccc2c1CCCC2. The highest BCUT2D eigenvalue weighted by Gasteiger charge is 2.13. The van der Waals surface area contributed by atoms with Crippen molar-refractivity contribution >= 4 is 18.1 Å². The molecule has 0 unspecified atom stereocenters. The lowest BCUT2D eigenvalue weighted by atomic mass is 9.90. The van der Waals surface area contributed by atoms with Gasteiger partial charge in [0.2, 0.25) is 0 Å². The fraction of sp³-hybridized carbons (Fsp3) is 0.278. The maximum atomic E-state index is 4.06. The van der Waals surface area contributed by atoms with Crippen LogP contribution in [0.2, 0.25) is 0 Å². The van der Waals surface area contributed by atoms with Crippen LogP contribution in [0.4, 0.5) is 11.4 Å². The van der Waals surface area contributed by atoms with Crippen LogP contribution in [0.1, 0.15) is 29.5 Å². The molecule has 23 heavy (non-hydrogen) atoms. The Hall–Kier alpha value is -2.69. The number of hydrogen-bond donors (Lipinski definition) is 2. The Morgan fingerprint density at radius 2 is 1.78 bits per heavy atom. The topological polar surface area (TPSA) is 61.1 Å². The van der Waals surface area contributed by atoms with E-state index in [1.165, 1.54) is 36.1 Å². The van der Waals surface area contributed by atoms with Crippen molar-refractivity contribution in [1.29, 1.82) is 0 Å². The van der Waals surface area contributed by atoms with Crippen molar-refractivity contribution < 1.29 is 0 Å². The molecule has 0 saturated carbocycles. The van der Waals surface area contributed by atoms with Crippen LogP contribution in [0.25, 0.3) is 0 Å². The van der Waals surface area contributed by atoms with Gasteiger partial charge in [-0.3, -0.25) is 0 Å². The standard InChI is InChI=1S/C18H21N5/c1-19-22-23-20-13-15-8-3-5-11-17(15)21-18-12-6-9-14-7-2-4-10-16(14)18/h3,5-6,8-9,11-12,21H,1-2,4,7,10,13H2,(H,20,22). The zero-order chi connectivity index (χ0) is 15.9. The molecule has 3 rings (SSSR count). The number of benzene rings is 2. The number of anilines is 2. The molecule has 2 aromatic carbocycles. The summed E-state index contributed by atoms with van der Waals surface area (Å²) in [5.74, 6) is 0. The van der Waals surface area contributed by atoms with Gasteiger partial charge in [-0.1, -0.05) is 35.6 Å². The molecule has 0 atom stereocenters. The molecular weight excluding hydrogens is 286 g/mol. The van der Waals surface area contributed by atoms with Crippen molar-refractivity contribution in [1.82, 2.24) is 5.53 Å². The number of aryl methyl sites for hydroxylation is 1. The van der Waals surface area contributed by atoms with Crippen LogP contribution in [-0.2, 0) is 19.4 Å². The lowest BCUT2D eigenvalue weighted by Gasteiger charge is -2.21. The molecule has 2 N–H and O–H groups in total. The number of hydrogen-bond acceptors (Lipinski definition) is 4. The quantitative estimate of drug-likeness (QED) is 0.472. The molecule has 5 heteroatoms. The van der Waals surface area contributed by atoms with Crippen LogP contribution in [0.15, 0.2) is 57.9 Å². The van der Waals surface area contributed by atoms with Gasteiger partial charge < -0.3 is 5.32 Å². The summed E-state index contributed by atoms with van der Waals surface area (Å²) in [4.78, 5) is 0. The molecule has 0 fully saturated rings. The molecule has 0 spiro atoms. The molecule has 2 aromatic rings. The predicted molar refractivity (Wildman–Crippen MR) is 94.1 cm³/mol. The smallest absolute Gasteiger partial charge is 0.0891 e. The zero-order valence-corrected chi connectivity index (χ0v) is 13.1. The average molecular weight is 307 g/mol. The van der Waals surface area contributed by atoms with E-state index in [9.17, 15) is 0 Å². The number of rotatable bonds is 6. The summed E-state index contributed by atoms with van der Waals surface area (Å²) in [6.07, 6.45) is 4.88. The first-order valence-corrected chi connectivity index (χ1v) is 7.91. The second-order valence-corrected chi connectivity index (χ2v) is 5.59. The van der Waals surface area contributed by atoms with Gasteiger partial charge in [-0.05, 0) is 54.5 Å². The molecule has 0 heterocycles. The van der Waals surface area contributed by atoms with Crippen molar-refractivity contribution in [2.24, 2.45) is 15.4 Å². The van der Waals surface area contributed by atoms with Crippen LogP contribution in [-0.4, -0.2) is 6.72 Å². The summed E-state index contributed by atoms with van der Waals surface area (Å²) in [6, 6.07) is 14.7. The van der Waals surface area contributed by atoms with Gasteiger partial charge in [-0.2, -0.15) is 15.8 Å². The Labute approximate surface area is 136 Å². The Balaban J connectivity index is 1.82. The highest BCUT2D eigenvalue weighted by molar-refractivity contribution is 5.67. The number of nitrogens with zero attached hydrogens (tertiary/aromatic N) is 3. The highest BCUT2D eigenvalue weighted by Crippen LogP contribution is 2.31. The molecular formula is C18H21N5. The normalized spacial score (nSPS) is 13.6. The minimum absolute atomic E-state index is 0.487. The van der Waals surface area contributed by atoms with E-state index in [0.717, 1.165) is 17.7 Å². The third kappa shape index (κ3) is 3.74. The van der Waals surface area contributed by atoms with Gasteiger partial charge in [0.15, 0.2) is 0 Å². The highest BCUT2D eigenvalue weighted by atomic mass is 15.6. The molecule has 5 nitrogen and oxygen atoms in total. The first kappa shape index (κ1) is 15.2. The van der Waals surface area contributed by atoms with E-state index in [0.29, 0.717) is 6.54 Å².